The number of oxazole rings is 1. The standard InChI is InChI=1S/C18H15FN2O3/c1-20-15-5-3-2-4-14(15)18(22)23-11-17-21-10-16(24-17)12-6-8-13(19)9-7-12/h2-10,20H,11H2,1H3. The van der Waals surface area contributed by atoms with Gasteiger partial charge in [0.25, 0.3) is 0 Å². The van der Waals surface area contributed by atoms with E-state index in [0.717, 1.165) is 0 Å². The van der Waals surface area contributed by atoms with Crippen molar-refractivity contribution < 1.29 is 18.3 Å². The van der Waals surface area contributed by atoms with E-state index < -0.39 is 5.97 Å². The maximum Gasteiger partial charge on any atom is 0.340 e. The number of nitrogens with zero attached hydrogens (tertiary/aromatic N) is 1. The Bertz CT molecular complexity index is 843. The molecule has 0 amide bonds. The van der Waals surface area contributed by atoms with Crippen LogP contribution in [0.15, 0.2) is 59.1 Å². The van der Waals surface area contributed by atoms with Crippen molar-refractivity contribution in [1.82, 2.24) is 4.98 Å². The molecule has 6 heteroatoms. The van der Waals surface area contributed by atoms with E-state index in [2.05, 4.69) is 10.3 Å². The topological polar surface area (TPSA) is 64.4 Å². The van der Waals surface area contributed by atoms with Crippen molar-refractivity contribution >= 4 is 11.7 Å². The number of esters is 1. The number of nitrogens with one attached hydrogen (secondary N) is 1. The first kappa shape index (κ1) is 15.7. The second-order valence-corrected chi connectivity index (χ2v) is 5.00. The number of hydrogen-bond donors (Lipinski definition) is 1. The van der Waals surface area contributed by atoms with Gasteiger partial charge in [-0.2, -0.15) is 0 Å². The number of para-hydroxylation sites is 1. The van der Waals surface area contributed by atoms with Crippen LogP contribution in [0, 0.1) is 5.82 Å². The zero-order chi connectivity index (χ0) is 16.9. The van der Waals surface area contributed by atoms with Gasteiger partial charge in [0.05, 0.1) is 11.8 Å². The predicted octanol–water partition coefficient (Wildman–Crippen LogP) is 3.88. The number of ether oxygens (including phenoxy) is 1. The molecular weight excluding hydrogens is 311 g/mol. The highest BCUT2D eigenvalue weighted by Crippen LogP contribution is 2.21. The smallest absolute Gasteiger partial charge is 0.340 e. The Morgan fingerprint density at radius 3 is 2.71 bits per heavy atom. The van der Waals surface area contributed by atoms with Crippen molar-refractivity contribution in [3.05, 3.63) is 72.0 Å². The van der Waals surface area contributed by atoms with Crippen molar-refractivity contribution in [2.45, 2.75) is 6.61 Å². The lowest BCUT2D eigenvalue weighted by atomic mass is 10.2. The van der Waals surface area contributed by atoms with Gasteiger partial charge in [-0.1, -0.05) is 12.1 Å². The van der Waals surface area contributed by atoms with Crippen LogP contribution in [-0.2, 0) is 11.3 Å². The summed E-state index contributed by atoms with van der Waals surface area (Å²) in [6.45, 7) is -0.0852. The van der Waals surface area contributed by atoms with Gasteiger partial charge in [0.2, 0.25) is 5.89 Å². The Morgan fingerprint density at radius 1 is 1.21 bits per heavy atom. The maximum atomic E-state index is 12.9. The van der Waals surface area contributed by atoms with E-state index in [-0.39, 0.29) is 18.3 Å². The lowest BCUT2D eigenvalue weighted by Gasteiger charge is -2.07. The van der Waals surface area contributed by atoms with Crippen molar-refractivity contribution in [3.8, 4) is 11.3 Å². The second kappa shape index (κ2) is 6.95. The summed E-state index contributed by atoms with van der Waals surface area (Å²) in [5.74, 6) is -0.0432. The molecule has 1 aromatic heterocycles. The van der Waals surface area contributed by atoms with E-state index in [1.807, 2.05) is 6.07 Å². The Hall–Kier alpha value is -3.15. The normalized spacial score (nSPS) is 10.4. The van der Waals surface area contributed by atoms with Crippen molar-refractivity contribution in [1.29, 1.82) is 0 Å². The van der Waals surface area contributed by atoms with Gasteiger partial charge in [-0.25, -0.2) is 14.2 Å². The Labute approximate surface area is 138 Å². The van der Waals surface area contributed by atoms with Crippen molar-refractivity contribution in [3.63, 3.8) is 0 Å². The highest BCUT2D eigenvalue weighted by molar-refractivity contribution is 5.95. The maximum absolute atomic E-state index is 12.9. The number of hydrogen-bond acceptors (Lipinski definition) is 5. The minimum absolute atomic E-state index is 0.0852. The Kier molecular flexibility index (Phi) is 4.56. The summed E-state index contributed by atoms with van der Waals surface area (Å²) in [6.07, 6.45) is 1.51. The summed E-state index contributed by atoms with van der Waals surface area (Å²) in [7, 11) is 1.73. The minimum atomic E-state index is -0.471. The predicted molar refractivity (Wildman–Crippen MR) is 87.0 cm³/mol. The number of aromatic nitrogens is 1. The van der Waals surface area contributed by atoms with E-state index in [1.54, 1.807) is 37.4 Å². The number of carbonyl (C=O) groups is 1. The van der Waals surface area contributed by atoms with E-state index in [1.165, 1.54) is 18.3 Å². The van der Waals surface area contributed by atoms with Gasteiger partial charge in [-0.3, -0.25) is 0 Å². The quantitative estimate of drug-likeness (QED) is 0.721. The summed E-state index contributed by atoms with van der Waals surface area (Å²) in [4.78, 5) is 16.2. The second-order valence-electron chi connectivity index (χ2n) is 5.00. The Morgan fingerprint density at radius 2 is 1.96 bits per heavy atom. The fraction of sp³-hybridized carbons (Fsp3) is 0.111. The van der Waals surface area contributed by atoms with Gasteiger partial charge in [-0.05, 0) is 36.4 Å². The molecule has 1 N–H and O–H groups in total. The van der Waals surface area contributed by atoms with E-state index in [9.17, 15) is 9.18 Å². The van der Waals surface area contributed by atoms with Gasteiger partial charge in [0.1, 0.15) is 5.82 Å². The lowest BCUT2D eigenvalue weighted by Crippen LogP contribution is -2.08. The highest BCUT2D eigenvalue weighted by atomic mass is 19.1. The SMILES string of the molecule is CNc1ccccc1C(=O)OCc1ncc(-c2ccc(F)cc2)o1. The average molecular weight is 326 g/mol. The molecule has 0 fully saturated rings. The first-order chi connectivity index (χ1) is 11.7. The van der Waals surface area contributed by atoms with Gasteiger partial charge in [-0.15, -0.1) is 0 Å². The summed E-state index contributed by atoms with van der Waals surface area (Å²) < 4.78 is 23.7. The molecule has 0 atom stereocenters. The molecule has 2 aromatic carbocycles. The van der Waals surface area contributed by atoms with Crippen LogP contribution in [-0.4, -0.2) is 18.0 Å². The molecule has 0 aliphatic rings. The molecule has 0 unspecified atom stereocenters. The van der Waals surface area contributed by atoms with E-state index in [4.69, 9.17) is 9.15 Å². The van der Waals surface area contributed by atoms with Gasteiger partial charge < -0.3 is 14.5 Å². The Balaban J connectivity index is 1.67. The van der Waals surface area contributed by atoms with E-state index >= 15 is 0 Å². The summed E-state index contributed by atoms with van der Waals surface area (Å²) in [6, 6.07) is 12.9. The fourth-order valence-electron chi connectivity index (χ4n) is 2.21. The van der Waals surface area contributed by atoms with Crippen LogP contribution >= 0.6 is 0 Å². The first-order valence-electron chi connectivity index (χ1n) is 7.32. The summed E-state index contributed by atoms with van der Waals surface area (Å²) in [5, 5.41) is 2.93. The number of carbonyl (C=O) groups excluding carboxylic acids is 1. The third-order valence-corrected chi connectivity index (χ3v) is 3.43. The fourth-order valence-corrected chi connectivity index (χ4v) is 2.21. The van der Waals surface area contributed by atoms with Crippen LogP contribution in [0.5, 0.6) is 0 Å². The van der Waals surface area contributed by atoms with Gasteiger partial charge in [0.15, 0.2) is 12.4 Å². The summed E-state index contributed by atoms with van der Waals surface area (Å²) >= 11 is 0. The molecule has 0 radical (unpaired) electrons. The van der Waals surface area contributed by atoms with Crippen molar-refractivity contribution in [2.24, 2.45) is 0 Å². The van der Waals surface area contributed by atoms with Crippen LogP contribution in [0.2, 0.25) is 0 Å². The lowest BCUT2D eigenvalue weighted by molar-refractivity contribution is 0.0440. The van der Waals surface area contributed by atoms with Crippen LogP contribution < -0.4 is 5.32 Å². The van der Waals surface area contributed by atoms with Crippen LogP contribution in [0.4, 0.5) is 10.1 Å². The molecular formula is C18H15FN2O3. The minimum Gasteiger partial charge on any atom is -0.452 e. The largest absolute Gasteiger partial charge is 0.452 e. The van der Waals surface area contributed by atoms with Gasteiger partial charge in [0, 0.05) is 18.3 Å². The van der Waals surface area contributed by atoms with Crippen LogP contribution in [0.1, 0.15) is 16.2 Å². The number of anilines is 1. The zero-order valence-electron chi connectivity index (χ0n) is 13.0. The van der Waals surface area contributed by atoms with E-state index in [0.29, 0.717) is 22.6 Å². The molecule has 3 aromatic rings. The third-order valence-electron chi connectivity index (χ3n) is 3.43. The molecule has 122 valence electrons. The van der Waals surface area contributed by atoms with Crippen LogP contribution in [0.3, 0.4) is 0 Å². The molecule has 0 aliphatic heterocycles. The molecule has 24 heavy (non-hydrogen) atoms. The van der Waals surface area contributed by atoms with Crippen molar-refractivity contribution in [2.75, 3.05) is 12.4 Å². The molecule has 0 saturated heterocycles. The highest BCUT2D eigenvalue weighted by Gasteiger charge is 2.14. The summed E-state index contributed by atoms with van der Waals surface area (Å²) in [5.41, 5.74) is 1.81. The number of benzene rings is 2. The number of halogens is 1. The molecule has 1 heterocycles. The first-order valence-corrected chi connectivity index (χ1v) is 7.32. The molecule has 0 spiro atoms. The third kappa shape index (κ3) is 3.43. The van der Waals surface area contributed by atoms with Crippen LogP contribution in [0.25, 0.3) is 11.3 Å². The molecule has 0 bridgehead atoms. The molecule has 3 rings (SSSR count). The molecule has 0 saturated carbocycles. The molecule has 5 nitrogen and oxygen atoms in total. The average Bonchev–Trinajstić information content (AvgIpc) is 3.09. The molecule has 0 aliphatic carbocycles. The monoisotopic (exact) mass is 326 g/mol. The van der Waals surface area contributed by atoms with Gasteiger partial charge >= 0.3 is 5.97 Å². The number of rotatable bonds is 5. The zero-order valence-corrected chi connectivity index (χ0v) is 13.0.